The number of sulfonamides is 1. The molecule has 0 aromatic heterocycles. The largest absolute Gasteiger partial charge is 0.497 e. The quantitative estimate of drug-likeness (QED) is 0.638. The Morgan fingerprint density at radius 1 is 0.967 bits per heavy atom. The zero-order valence-corrected chi connectivity index (χ0v) is 16.9. The molecule has 0 saturated carbocycles. The van der Waals surface area contributed by atoms with E-state index in [9.17, 15) is 22.0 Å². The highest BCUT2D eigenvalue weighted by Gasteiger charge is 2.22. The van der Waals surface area contributed by atoms with Crippen LogP contribution in [0, 0.1) is 11.6 Å². The summed E-state index contributed by atoms with van der Waals surface area (Å²) in [6.45, 7) is 0. The van der Waals surface area contributed by atoms with E-state index in [4.69, 9.17) is 4.74 Å². The van der Waals surface area contributed by atoms with Gasteiger partial charge in [-0.2, -0.15) is 0 Å². The third-order valence-corrected chi connectivity index (χ3v) is 6.19. The minimum absolute atomic E-state index is 0.0342. The topological polar surface area (TPSA) is 75.7 Å². The van der Waals surface area contributed by atoms with Gasteiger partial charge in [-0.1, -0.05) is 12.1 Å². The molecule has 0 saturated heterocycles. The van der Waals surface area contributed by atoms with Crippen LogP contribution in [0.4, 0.5) is 20.2 Å². The Kier molecular flexibility index (Phi) is 6.02. The summed E-state index contributed by atoms with van der Waals surface area (Å²) in [6, 6.07) is 14.8. The maximum atomic E-state index is 13.8. The van der Waals surface area contributed by atoms with E-state index in [1.807, 2.05) is 0 Å². The summed E-state index contributed by atoms with van der Waals surface area (Å²) in [5.41, 5.74) is -0.341. The Hall–Kier alpha value is -3.46. The molecule has 156 valence electrons. The van der Waals surface area contributed by atoms with Gasteiger partial charge in [-0.15, -0.1) is 0 Å². The Labute approximate surface area is 172 Å². The van der Waals surface area contributed by atoms with Crippen molar-refractivity contribution in [3.63, 3.8) is 0 Å². The van der Waals surface area contributed by atoms with Gasteiger partial charge in [0.25, 0.3) is 15.9 Å². The van der Waals surface area contributed by atoms with E-state index in [0.717, 1.165) is 16.4 Å². The number of carbonyl (C=O) groups is 1. The fourth-order valence-corrected chi connectivity index (χ4v) is 3.88. The summed E-state index contributed by atoms with van der Waals surface area (Å²) in [5.74, 6) is -2.11. The number of benzene rings is 3. The first kappa shape index (κ1) is 21.3. The van der Waals surface area contributed by atoms with Crippen molar-refractivity contribution >= 4 is 27.3 Å². The molecule has 0 unspecified atom stereocenters. The smallest absolute Gasteiger partial charge is 0.264 e. The van der Waals surface area contributed by atoms with E-state index in [1.165, 1.54) is 68.8 Å². The lowest BCUT2D eigenvalue weighted by Gasteiger charge is -2.20. The van der Waals surface area contributed by atoms with E-state index < -0.39 is 33.3 Å². The standard InChI is InChI=1S/C21H18F2N2O4S/c1-25(30(27,28)17-11-9-16(29-2)10-12-17)15-6-3-5-14(13-15)21(26)24-20-18(22)7-4-8-19(20)23/h3-13H,1-2H3,(H,24,26). The molecule has 6 nitrogen and oxygen atoms in total. The van der Waals surface area contributed by atoms with Gasteiger partial charge in [-0.25, -0.2) is 17.2 Å². The minimum Gasteiger partial charge on any atom is -0.497 e. The van der Waals surface area contributed by atoms with Crippen LogP contribution < -0.4 is 14.4 Å². The van der Waals surface area contributed by atoms with Gasteiger partial charge in [-0.3, -0.25) is 9.10 Å². The number of nitrogens with zero attached hydrogens (tertiary/aromatic N) is 1. The second kappa shape index (κ2) is 8.50. The van der Waals surface area contributed by atoms with Crippen molar-refractivity contribution < 1.29 is 26.7 Å². The molecule has 3 aromatic carbocycles. The van der Waals surface area contributed by atoms with Crippen molar-refractivity contribution in [2.75, 3.05) is 23.8 Å². The second-order valence-corrected chi connectivity index (χ2v) is 8.22. The molecule has 0 aliphatic heterocycles. The number of methoxy groups -OCH3 is 1. The Morgan fingerprint density at radius 3 is 2.17 bits per heavy atom. The van der Waals surface area contributed by atoms with Crippen molar-refractivity contribution in [2.24, 2.45) is 0 Å². The number of anilines is 2. The minimum atomic E-state index is -3.91. The van der Waals surface area contributed by atoms with Crippen molar-refractivity contribution in [1.29, 1.82) is 0 Å². The molecule has 0 aliphatic rings. The zero-order chi connectivity index (χ0) is 21.9. The molecular formula is C21H18F2N2O4S. The highest BCUT2D eigenvalue weighted by atomic mass is 32.2. The normalized spacial score (nSPS) is 11.1. The third kappa shape index (κ3) is 4.25. The van der Waals surface area contributed by atoms with E-state index >= 15 is 0 Å². The van der Waals surface area contributed by atoms with E-state index in [-0.39, 0.29) is 16.1 Å². The predicted octanol–water partition coefficient (Wildman–Crippen LogP) is 4.05. The molecule has 0 fully saturated rings. The van der Waals surface area contributed by atoms with Gasteiger partial charge in [0.05, 0.1) is 17.7 Å². The fraction of sp³-hybridized carbons (Fsp3) is 0.0952. The van der Waals surface area contributed by atoms with Gasteiger partial charge >= 0.3 is 0 Å². The molecule has 3 rings (SSSR count). The molecule has 0 radical (unpaired) electrons. The van der Waals surface area contributed by atoms with Crippen molar-refractivity contribution in [1.82, 2.24) is 0 Å². The number of nitrogens with one attached hydrogen (secondary N) is 1. The van der Waals surface area contributed by atoms with Crippen LogP contribution in [0.1, 0.15) is 10.4 Å². The average molecular weight is 432 g/mol. The number of hydrogen-bond acceptors (Lipinski definition) is 4. The maximum Gasteiger partial charge on any atom is 0.264 e. The lowest BCUT2D eigenvalue weighted by atomic mass is 10.2. The summed E-state index contributed by atoms with van der Waals surface area (Å²) < 4.78 is 59.4. The van der Waals surface area contributed by atoms with Gasteiger partial charge < -0.3 is 10.1 Å². The van der Waals surface area contributed by atoms with E-state index in [2.05, 4.69) is 5.32 Å². The molecule has 1 N–H and O–H groups in total. The van der Waals surface area contributed by atoms with Gasteiger partial charge in [0.15, 0.2) is 0 Å². The molecule has 0 spiro atoms. The first-order valence-corrected chi connectivity index (χ1v) is 10.2. The van der Waals surface area contributed by atoms with E-state index in [0.29, 0.717) is 5.75 Å². The summed E-state index contributed by atoms with van der Waals surface area (Å²) >= 11 is 0. The van der Waals surface area contributed by atoms with Crippen molar-refractivity contribution in [3.8, 4) is 5.75 Å². The molecule has 3 aromatic rings. The van der Waals surface area contributed by atoms with Gasteiger partial charge in [0.2, 0.25) is 0 Å². The number of carbonyl (C=O) groups excluding carboxylic acids is 1. The lowest BCUT2D eigenvalue weighted by Crippen LogP contribution is -2.27. The summed E-state index contributed by atoms with van der Waals surface area (Å²) in [5, 5.41) is 2.17. The highest BCUT2D eigenvalue weighted by molar-refractivity contribution is 7.92. The molecule has 1 amide bonds. The van der Waals surface area contributed by atoms with Gasteiger partial charge in [0, 0.05) is 12.6 Å². The van der Waals surface area contributed by atoms with Crippen LogP contribution in [0.2, 0.25) is 0 Å². The molecule has 9 heteroatoms. The number of ether oxygens (including phenoxy) is 1. The van der Waals surface area contributed by atoms with Crippen LogP contribution >= 0.6 is 0 Å². The molecule has 0 atom stereocenters. The van der Waals surface area contributed by atoms with Crippen LogP contribution in [0.25, 0.3) is 0 Å². The van der Waals surface area contributed by atoms with Gasteiger partial charge in [-0.05, 0) is 54.6 Å². The lowest BCUT2D eigenvalue weighted by molar-refractivity contribution is 0.102. The summed E-state index contributed by atoms with van der Waals surface area (Å²) in [6.07, 6.45) is 0. The van der Waals surface area contributed by atoms with Crippen LogP contribution in [0.3, 0.4) is 0 Å². The number of rotatable bonds is 6. The second-order valence-electron chi connectivity index (χ2n) is 6.25. The van der Waals surface area contributed by atoms with Crippen LogP contribution in [-0.4, -0.2) is 28.5 Å². The van der Waals surface area contributed by atoms with Crippen LogP contribution in [0.15, 0.2) is 71.6 Å². The number of halogens is 2. The SMILES string of the molecule is COc1ccc(S(=O)(=O)N(C)c2cccc(C(=O)Nc3c(F)cccc3F)c2)cc1. The molecule has 0 heterocycles. The number of amides is 1. The highest BCUT2D eigenvalue weighted by Crippen LogP contribution is 2.25. The van der Waals surface area contributed by atoms with E-state index in [1.54, 1.807) is 0 Å². The van der Waals surface area contributed by atoms with Crippen molar-refractivity contribution in [2.45, 2.75) is 4.90 Å². The monoisotopic (exact) mass is 432 g/mol. The Morgan fingerprint density at radius 2 is 1.57 bits per heavy atom. The third-order valence-electron chi connectivity index (χ3n) is 4.39. The predicted molar refractivity (Wildman–Crippen MR) is 109 cm³/mol. The van der Waals surface area contributed by atoms with Crippen molar-refractivity contribution in [3.05, 3.63) is 83.9 Å². The molecule has 30 heavy (non-hydrogen) atoms. The average Bonchev–Trinajstić information content (AvgIpc) is 2.75. The summed E-state index contributed by atoms with van der Waals surface area (Å²) in [4.78, 5) is 12.5. The number of hydrogen-bond donors (Lipinski definition) is 1. The zero-order valence-electron chi connectivity index (χ0n) is 16.1. The maximum absolute atomic E-state index is 13.8. The Balaban J connectivity index is 1.87. The summed E-state index contributed by atoms with van der Waals surface area (Å²) in [7, 11) is -1.09. The molecule has 0 aliphatic carbocycles. The molecule has 0 bridgehead atoms. The Bertz CT molecular complexity index is 1160. The van der Waals surface area contributed by atoms with Crippen LogP contribution in [-0.2, 0) is 10.0 Å². The van der Waals surface area contributed by atoms with Gasteiger partial charge in [0.1, 0.15) is 23.1 Å². The first-order chi connectivity index (χ1) is 14.2. The van der Waals surface area contributed by atoms with Crippen LogP contribution in [0.5, 0.6) is 5.75 Å². The molecular weight excluding hydrogens is 414 g/mol. The fourth-order valence-electron chi connectivity index (χ4n) is 2.69. The first-order valence-electron chi connectivity index (χ1n) is 8.72. The number of para-hydroxylation sites is 1.